The van der Waals surface area contributed by atoms with Gasteiger partial charge in [-0.3, -0.25) is 10.1 Å². The second-order valence-corrected chi connectivity index (χ2v) is 3.72. The number of H-pyrrole nitrogens is 1. The van der Waals surface area contributed by atoms with Crippen LogP contribution in [0.4, 0.5) is 5.95 Å². The minimum atomic E-state index is -0.282. The van der Waals surface area contributed by atoms with E-state index >= 15 is 0 Å². The van der Waals surface area contributed by atoms with Crippen molar-refractivity contribution in [2.24, 2.45) is 0 Å². The molecule has 2 N–H and O–H groups in total. The summed E-state index contributed by atoms with van der Waals surface area (Å²) in [6, 6.07) is 7.15. The zero-order valence-corrected chi connectivity index (χ0v) is 10.4. The Kier molecular flexibility index (Phi) is 3.78. The molecular formula is C11H11ClN4O2. The fourth-order valence-electron chi connectivity index (χ4n) is 1.32. The fraction of sp³-hybridized carbons (Fsp3) is 0.182. The Morgan fingerprint density at radius 1 is 1.44 bits per heavy atom. The van der Waals surface area contributed by atoms with E-state index in [1.807, 2.05) is 0 Å². The van der Waals surface area contributed by atoms with Crippen molar-refractivity contribution in [3.63, 3.8) is 0 Å². The largest absolute Gasteiger partial charge is 0.466 e. The maximum atomic E-state index is 11.8. The molecule has 0 atom stereocenters. The number of anilines is 1. The van der Waals surface area contributed by atoms with E-state index in [1.165, 1.54) is 7.11 Å². The molecule has 18 heavy (non-hydrogen) atoms. The average Bonchev–Trinajstić information content (AvgIpc) is 2.86. The van der Waals surface area contributed by atoms with Crippen LogP contribution in [0.1, 0.15) is 15.9 Å². The van der Waals surface area contributed by atoms with E-state index < -0.39 is 0 Å². The molecule has 0 aliphatic heterocycles. The number of carbonyl (C=O) groups excluding carboxylic acids is 1. The van der Waals surface area contributed by atoms with Crippen LogP contribution in [0.25, 0.3) is 0 Å². The molecule has 0 unspecified atom stereocenters. The molecule has 1 amide bonds. The molecule has 0 aliphatic carbocycles. The van der Waals surface area contributed by atoms with Gasteiger partial charge in [0.05, 0.1) is 7.11 Å². The lowest BCUT2D eigenvalue weighted by atomic mass is 10.1. The summed E-state index contributed by atoms with van der Waals surface area (Å²) in [4.78, 5) is 15.7. The number of halogens is 1. The van der Waals surface area contributed by atoms with Crippen LogP contribution >= 0.6 is 11.6 Å². The molecule has 94 valence electrons. The Labute approximate surface area is 108 Å². The van der Waals surface area contributed by atoms with Crippen LogP contribution in [-0.4, -0.2) is 28.2 Å². The van der Waals surface area contributed by atoms with Crippen LogP contribution in [0, 0.1) is 0 Å². The SMILES string of the molecule is COc1n[nH]c(NC(=O)c2ccc(CCl)cc2)n1. The summed E-state index contributed by atoms with van der Waals surface area (Å²) in [5.74, 6) is 0.370. The molecule has 6 nitrogen and oxygen atoms in total. The normalized spacial score (nSPS) is 10.1. The highest BCUT2D eigenvalue weighted by Crippen LogP contribution is 2.10. The van der Waals surface area contributed by atoms with Crippen molar-refractivity contribution in [3.8, 4) is 6.01 Å². The fourth-order valence-corrected chi connectivity index (χ4v) is 1.50. The molecule has 0 spiro atoms. The summed E-state index contributed by atoms with van der Waals surface area (Å²) < 4.78 is 4.79. The van der Waals surface area contributed by atoms with Crippen LogP contribution in [0.15, 0.2) is 24.3 Å². The van der Waals surface area contributed by atoms with E-state index in [0.717, 1.165) is 5.56 Å². The van der Waals surface area contributed by atoms with E-state index in [9.17, 15) is 4.79 Å². The van der Waals surface area contributed by atoms with Crippen LogP contribution in [0.3, 0.4) is 0 Å². The Morgan fingerprint density at radius 3 is 2.72 bits per heavy atom. The van der Waals surface area contributed by atoms with Crippen molar-refractivity contribution in [1.29, 1.82) is 0 Å². The summed E-state index contributed by atoms with van der Waals surface area (Å²) in [6.45, 7) is 0. The van der Waals surface area contributed by atoms with Gasteiger partial charge in [-0.25, -0.2) is 5.10 Å². The lowest BCUT2D eigenvalue weighted by Gasteiger charge is -2.02. The highest BCUT2D eigenvalue weighted by atomic mass is 35.5. The summed E-state index contributed by atoms with van der Waals surface area (Å²) in [7, 11) is 1.44. The standard InChI is InChI=1S/C11H11ClN4O2/c1-18-11-14-10(15-16-11)13-9(17)8-4-2-7(6-12)3-5-8/h2-5H,6H2,1H3,(H2,13,14,15,16,17). The molecule has 1 heterocycles. The minimum Gasteiger partial charge on any atom is -0.466 e. The number of benzene rings is 1. The molecule has 1 aromatic carbocycles. The van der Waals surface area contributed by atoms with E-state index in [-0.39, 0.29) is 17.9 Å². The topological polar surface area (TPSA) is 79.9 Å². The molecule has 7 heteroatoms. The highest BCUT2D eigenvalue weighted by Gasteiger charge is 2.09. The molecule has 0 saturated heterocycles. The number of amides is 1. The maximum absolute atomic E-state index is 11.8. The first-order valence-corrected chi connectivity index (χ1v) is 5.69. The van der Waals surface area contributed by atoms with Gasteiger partial charge in [0.25, 0.3) is 5.91 Å². The number of hydrogen-bond acceptors (Lipinski definition) is 4. The molecule has 2 aromatic rings. The van der Waals surface area contributed by atoms with Gasteiger partial charge in [0, 0.05) is 11.4 Å². The van der Waals surface area contributed by atoms with Crippen LogP contribution in [0.5, 0.6) is 6.01 Å². The zero-order chi connectivity index (χ0) is 13.0. The van der Waals surface area contributed by atoms with Gasteiger partial charge in [-0.1, -0.05) is 12.1 Å². The molecule has 0 aliphatic rings. The van der Waals surface area contributed by atoms with Gasteiger partial charge in [-0.15, -0.1) is 16.7 Å². The Hall–Kier alpha value is -2.08. The van der Waals surface area contributed by atoms with Crippen LogP contribution in [-0.2, 0) is 5.88 Å². The first-order chi connectivity index (χ1) is 8.72. The lowest BCUT2D eigenvalue weighted by Crippen LogP contribution is -2.12. The van der Waals surface area contributed by atoms with Gasteiger partial charge in [-0.2, -0.15) is 4.98 Å². The zero-order valence-electron chi connectivity index (χ0n) is 9.61. The van der Waals surface area contributed by atoms with Crippen molar-refractivity contribution in [2.75, 3.05) is 12.4 Å². The molecule has 0 fully saturated rings. The van der Waals surface area contributed by atoms with Gasteiger partial charge in [-0.05, 0) is 17.7 Å². The van der Waals surface area contributed by atoms with Gasteiger partial charge in [0.15, 0.2) is 0 Å². The van der Waals surface area contributed by atoms with Gasteiger partial charge < -0.3 is 4.74 Å². The third kappa shape index (κ3) is 2.78. The number of nitrogens with one attached hydrogen (secondary N) is 2. The summed E-state index contributed by atoms with van der Waals surface area (Å²) in [6.07, 6.45) is 0. The molecule has 1 aromatic heterocycles. The van der Waals surface area contributed by atoms with Gasteiger partial charge >= 0.3 is 6.01 Å². The number of nitrogens with zero attached hydrogens (tertiary/aromatic N) is 2. The molecule has 2 rings (SSSR count). The summed E-state index contributed by atoms with van der Waals surface area (Å²) in [5, 5.41) is 8.83. The number of ether oxygens (including phenoxy) is 1. The highest BCUT2D eigenvalue weighted by molar-refractivity contribution is 6.17. The van der Waals surface area contributed by atoms with Crippen molar-refractivity contribution in [3.05, 3.63) is 35.4 Å². The monoisotopic (exact) mass is 266 g/mol. The Bertz CT molecular complexity index is 538. The number of methoxy groups -OCH3 is 1. The quantitative estimate of drug-likeness (QED) is 0.827. The first-order valence-electron chi connectivity index (χ1n) is 5.15. The average molecular weight is 267 g/mol. The minimum absolute atomic E-state index is 0.169. The molecule has 0 radical (unpaired) electrons. The van der Waals surface area contributed by atoms with Crippen LogP contribution < -0.4 is 10.1 Å². The molecule has 0 saturated carbocycles. The predicted molar refractivity (Wildman–Crippen MR) is 66.9 cm³/mol. The van der Waals surface area contributed by atoms with Crippen molar-refractivity contribution >= 4 is 23.5 Å². The maximum Gasteiger partial charge on any atom is 0.336 e. The number of aromatic nitrogens is 3. The second-order valence-electron chi connectivity index (χ2n) is 3.46. The number of hydrogen-bond donors (Lipinski definition) is 2. The van der Waals surface area contributed by atoms with E-state index in [0.29, 0.717) is 11.4 Å². The second kappa shape index (κ2) is 5.50. The molecule has 0 bridgehead atoms. The van der Waals surface area contributed by atoms with Gasteiger partial charge in [0.1, 0.15) is 0 Å². The Morgan fingerprint density at radius 2 is 2.17 bits per heavy atom. The van der Waals surface area contributed by atoms with E-state index in [2.05, 4.69) is 20.5 Å². The first kappa shape index (κ1) is 12.4. The number of aromatic amines is 1. The smallest absolute Gasteiger partial charge is 0.336 e. The Balaban J connectivity index is 2.06. The third-order valence-corrected chi connectivity index (χ3v) is 2.56. The summed E-state index contributed by atoms with van der Waals surface area (Å²) in [5.41, 5.74) is 1.47. The predicted octanol–water partition coefficient (Wildman–Crippen LogP) is 1.80. The number of alkyl halides is 1. The van der Waals surface area contributed by atoms with E-state index in [4.69, 9.17) is 16.3 Å². The lowest BCUT2D eigenvalue weighted by molar-refractivity contribution is 0.102. The number of rotatable bonds is 4. The van der Waals surface area contributed by atoms with Crippen molar-refractivity contribution < 1.29 is 9.53 Å². The molecular weight excluding hydrogens is 256 g/mol. The number of carbonyl (C=O) groups is 1. The van der Waals surface area contributed by atoms with E-state index in [1.54, 1.807) is 24.3 Å². The van der Waals surface area contributed by atoms with Gasteiger partial charge in [0.2, 0.25) is 5.95 Å². The van der Waals surface area contributed by atoms with Crippen LogP contribution in [0.2, 0.25) is 0 Å². The third-order valence-electron chi connectivity index (χ3n) is 2.25. The summed E-state index contributed by atoms with van der Waals surface area (Å²) >= 11 is 5.67. The van der Waals surface area contributed by atoms with Crippen molar-refractivity contribution in [2.45, 2.75) is 5.88 Å². The van der Waals surface area contributed by atoms with Crippen molar-refractivity contribution in [1.82, 2.24) is 15.2 Å².